The van der Waals surface area contributed by atoms with Gasteiger partial charge in [0, 0.05) is 51.4 Å². The number of carbonyl (C=O) groups excluding carboxylic acids is 1. The van der Waals surface area contributed by atoms with Gasteiger partial charge in [-0.2, -0.15) is 19.6 Å². The molecule has 14 heteroatoms. The van der Waals surface area contributed by atoms with E-state index in [1.165, 1.54) is 10.6 Å². The molecule has 6 N–H and O–H groups in total. The van der Waals surface area contributed by atoms with E-state index in [0.717, 1.165) is 19.6 Å². The lowest BCUT2D eigenvalue weighted by Gasteiger charge is -2.36. The predicted molar refractivity (Wildman–Crippen MR) is 158 cm³/mol. The molecule has 0 aliphatic carbocycles. The SMILES string of the molecule is CC(C)[C@H](N)C(=O)NCCOc1ccc(N2CCN(CCNc3nc(N)n4nc(-c5ccco5)cc4n3)CC2)c(F)c1. The van der Waals surface area contributed by atoms with Gasteiger partial charge in [-0.05, 0) is 30.2 Å². The zero-order chi connectivity index (χ0) is 29.6. The Morgan fingerprint density at radius 3 is 2.67 bits per heavy atom. The van der Waals surface area contributed by atoms with Crippen LogP contribution < -0.4 is 31.7 Å². The van der Waals surface area contributed by atoms with Gasteiger partial charge in [-0.3, -0.25) is 9.69 Å². The molecule has 0 spiro atoms. The molecule has 1 atom stereocenters. The van der Waals surface area contributed by atoms with Gasteiger partial charge in [-0.1, -0.05) is 13.8 Å². The van der Waals surface area contributed by atoms with Crippen LogP contribution in [0.1, 0.15) is 13.8 Å². The summed E-state index contributed by atoms with van der Waals surface area (Å²) in [6, 6.07) is 9.71. The fraction of sp³-hybridized carbons (Fsp3) is 0.429. The highest BCUT2D eigenvalue weighted by molar-refractivity contribution is 5.81. The molecule has 13 nitrogen and oxygen atoms in total. The molecule has 4 heterocycles. The zero-order valence-electron chi connectivity index (χ0n) is 23.8. The third-order valence-corrected chi connectivity index (χ3v) is 7.16. The van der Waals surface area contributed by atoms with E-state index in [-0.39, 0.29) is 30.2 Å². The van der Waals surface area contributed by atoms with Crippen molar-refractivity contribution in [2.24, 2.45) is 11.7 Å². The lowest BCUT2D eigenvalue weighted by Crippen LogP contribution is -2.48. The number of nitrogens with zero attached hydrogens (tertiary/aromatic N) is 6. The summed E-state index contributed by atoms with van der Waals surface area (Å²) in [4.78, 5) is 25.1. The van der Waals surface area contributed by atoms with Crippen molar-refractivity contribution in [2.75, 3.05) is 68.4 Å². The Balaban J connectivity index is 1.05. The van der Waals surface area contributed by atoms with Gasteiger partial charge in [-0.15, -0.1) is 0 Å². The van der Waals surface area contributed by atoms with Crippen LogP contribution in [0.3, 0.4) is 0 Å². The van der Waals surface area contributed by atoms with Crippen LogP contribution in [0.2, 0.25) is 0 Å². The number of halogens is 1. The van der Waals surface area contributed by atoms with Crippen molar-refractivity contribution < 1.29 is 18.3 Å². The summed E-state index contributed by atoms with van der Waals surface area (Å²) in [6.07, 6.45) is 1.58. The van der Waals surface area contributed by atoms with Crippen LogP contribution in [0, 0.1) is 11.7 Å². The average molecular weight is 581 g/mol. The number of carbonyl (C=O) groups is 1. The van der Waals surface area contributed by atoms with Crippen molar-refractivity contribution >= 4 is 29.1 Å². The van der Waals surface area contributed by atoms with Crippen molar-refractivity contribution in [3.8, 4) is 17.2 Å². The quantitative estimate of drug-likeness (QED) is 0.181. The lowest BCUT2D eigenvalue weighted by molar-refractivity contribution is -0.123. The van der Waals surface area contributed by atoms with E-state index in [4.69, 9.17) is 20.6 Å². The van der Waals surface area contributed by atoms with E-state index in [1.54, 1.807) is 30.5 Å². The molecule has 0 bridgehead atoms. The molecule has 1 aliphatic heterocycles. The largest absolute Gasteiger partial charge is 0.492 e. The van der Waals surface area contributed by atoms with Gasteiger partial charge in [-0.25, -0.2) is 4.39 Å². The minimum absolute atomic E-state index is 0.0486. The Kier molecular flexibility index (Phi) is 9.03. The molecular formula is C28H37FN10O3. The number of hydrogen-bond donors (Lipinski definition) is 4. The minimum atomic E-state index is -0.563. The Morgan fingerprint density at radius 1 is 1.14 bits per heavy atom. The number of piperazine rings is 1. The number of ether oxygens (including phenoxy) is 1. The fourth-order valence-corrected chi connectivity index (χ4v) is 4.67. The number of benzene rings is 1. The Hall–Kier alpha value is -4.43. The number of hydrogen-bond acceptors (Lipinski definition) is 11. The smallest absolute Gasteiger partial charge is 0.237 e. The van der Waals surface area contributed by atoms with Gasteiger partial charge >= 0.3 is 0 Å². The summed E-state index contributed by atoms with van der Waals surface area (Å²) in [5.74, 6) is 1.18. The minimum Gasteiger partial charge on any atom is -0.492 e. The molecule has 5 rings (SSSR count). The number of nitrogens with two attached hydrogens (primary N) is 2. The Morgan fingerprint density at radius 2 is 1.95 bits per heavy atom. The first-order chi connectivity index (χ1) is 20.3. The van der Waals surface area contributed by atoms with Gasteiger partial charge in [0.25, 0.3) is 0 Å². The van der Waals surface area contributed by atoms with Crippen molar-refractivity contribution in [2.45, 2.75) is 19.9 Å². The first-order valence-corrected chi connectivity index (χ1v) is 14.0. The maximum Gasteiger partial charge on any atom is 0.237 e. The van der Waals surface area contributed by atoms with Crippen LogP contribution in [-0.4, -0.2) is 88.9 Å². The molecule has 224 valence electrons. The Labute approximate surface area is 243 Å². The Bertz CT molecular complexity index is 1480. The molecule has 4 aromatic rings. The summed E-state index contributed by atoms with van der Waals surface area (Å²) in [6.45, 7) is 8.65. The van der Waals surface area contributed by atoms with Crippen LogP contribution in [0.5, 0.6) is 5.75 Å². The first-order valence-electron chi connectivity index (χ1n) is 14.0. The van der Waals surface area contributed by atoms with Crippen LogP contribution >= 0.6 is 0 Å². The van der Waals surface area contributed by atoms with E-state index in [9.17, 15) is 9.18 Å². The number of amides is 1. The number of fused-ring (bicyclic) bond motifs is 1. The summed E-state index contributed by atoms with van der Waals surface area (Å²) < 4.78 is 27.4. The van der Waals surface area contributed by atoms with Gasteiger partial charge < -0.3 is 36.2 Å². The van der Waals surface area contributed by atoms with E-state index in [2.05, 4.69) is 30.6 Å². The van der Waals surface area contributed by atoms with Crippen molar-refractivity contribution in [1.82, 2.24) is 29.8 Å². The van der Waals surface area contributed by atoms with Gasteiger partial charge in [0.1, 0.15) is 23.9 Å². The molecule has 42 heavy (non-hydrogen) atoms. The maximum atomic E-state index is 14.9. The molecule has 1 amide bonds. The molecule has 0 unspecified atom stereocenters. The zero-order valence-corrected chi connectivity index (χ0v) is 23.8. The summed E-state index contributed by atoms with van der Waals surface area (Å²) in [5, 5.41) is 10.4. The summed E-state index contributed by atoms with van der Waals surface area (Å²) >= 11 is 0. The van der Waals surface area contributed by atoms with Crippen LogP contribution in [0.25, 0.3) is 17.1 Å². The maximum absolute atomic E-state index is 14.9. The normalized spacial score (nSPS) is 14.8. The number of anilines is 3. The number of nitrogen functional groups attached to an aromatic ring is 1. The molecule has 1 aliphatic rings. The fourth-order valence-electron chi connectivity index (χ4n) is 4.67. The summed E-state index contributed by atoms with van der Waals surface area (Å²) in [5.41, 5.74) is 13.7. The van der Waals surface area contributed by atoms with Gasteiger partial charge in [0.15, 0.2) is 11.4 Å². The van der Waals surface area contributed by atoms with E-state index >= 15 is 0 Å². The average Bonchev–Trinajstić information content (AvgIpc) is 3.66. The van der Waals surface area contributed by atoms with E-state index in [1.807, 2.05) is 24.8 Å². The molecule has 1 aromatic carbocycles. The van der Waals surface area contributed by atoms with Crippen molar-refractivity contribution in [3.05, 3.63) is 48.5 Å². The molecular weight excluding hydrogens is 543 g/mol. The standard InChI is InChI=1S/C28H37FN10O3/c1-18(2)25(30)26(40)32-8-15-41-19-5-6-22(20(29)16-19)38-12-10-37(11-13-38)9-7-33-28-34-24-17-21(23-4-3-14-42-23)36-39(24)27(31)35-28/h3-6,14,16-18,25H,7-13,15,30H2,1-2H3,(H,32,40)(H3,31,33,34,35)/t25-/m0/s1. The lowest BCUT2D eigenvalue weighted by atomic mass is 10.1. The third-order valence-electron chi connectivity index (χ3n) is 7.16. The van der Waals surface area contributed by atoms with E-state index in [0.29, 0.717) is 60.7 Å². The number of furan rings is 1. The monoisotopic (exact) mass is 580 g/mol. The van der Waals surface area contributed by atoms with Gasteiger partial charge in [0.05, 0.1) is 24.5 Å². The topological polar surface area (TPSA) is 165 Å². The summed E-state index contributed by atoms with van der Waals surface area (Å²) in [7, 11) is 0. The van der Waals surface area contributed by atoms with Crippen LogP contribution in [-0.2, 0) is 4.79 Å². The predicted octanol–water partition coefficient (Wildman–Crippen LogP) is 1.82. The first kappa shape index (κ1) is 29.1. The second-order valence-corrected chi connectivity index (χ2v) is 10.5. The highest BCUT2D eigenvalue weighted by Crippen LogP contribution is 2.25. The van der Waals surface area contributed by atoms with Crippen molar-refractivity contribution in [1.29, 1.82) is 0 Å². The number of rotatable bonds is 12. The highest BCUT2D eigenvalue weighted by atomic mass is 19.1. The van der Waals surface area contributed by atoms with E-state index < -0.39 is 6.04 Å². The third kappa shape index (κ3) is 6.89. The molecule has 3 aromatic heterocycles. The van der Waals surface area contributed by atoms with Crippen molar-refractivity contribution in [3.63, 3.8) is 0 Å². The van der Waals surface area contributed by atoms with Crippen LogP contribution in [0.4, 0.5) is 22.0 Å². The van der Waals surface area contributed by atoms with Gasteiger partial charge in [0.2, 0.25) is 17.8 Å². The molecule has 0 saturated carbocycles. The second-order valence-electron chi connectivity index (χ2n) is 10.5. The highest BCUT2D eigenvalue weighted by Gasteiger charge is 2.20. The molecule has 1 saturated heterocycles. The second kappa shape index (κ2) is 13.0. The number of nitrogens with one attached hydrogen (secondary N) is 2. The van der Waals surface area contributed by atoms with Crippen LogP contribution in [0.15, 0.2) is 47.1 Å². The number of aromatic nitrogens is 4. The molecule has 0 radical (unpaired) electrons. The molecule has 1 fully saturated rings.